The van der Waals surface area contributed by atoms with Crippen LogP contribution in [0.25, 0.3) is 5.70 Å². The van der Waals surface area contributed by atoms with Gasteiger partial charge in [0.25, 0.3) is 5.91 Å². The minimum atomic E-state index is -0.423. The average molecular weight is 572 g/mol. The predicted octanol–water partition coefficient (Wildman–Crippen LogP) is 6.69. The van der Waals surface area contributed by atoms with Crippen LogP contribution in [0, 0.1) is 5.92 Å². The van der Waals surface area contributed by atoms with Gasteiger partial charge >= 0.3 is 0 Å². The van der Waals surface area contributed by atoms with E-state index in [9.17, 15) is 9.59 Å². The van der Waals surface area contributed by atoms with Crippen molar-refractivity contribution in [1.82, 2.24) is 9.80 Å². The first-order chi connectivity index (χ1) is 14.5. The lowest BCUT2D eigenvalue weighted by atomic mass is 9.95. The van der Waals surface area contributed by atoms with Gasteiger partial charge in [0.15, 0.2) is 0 Å². The van der Waals surface area contributed by atoms with Gasteiger partial charge in [-0.2, -0.15) is 0 Å². The van der Waals surface area contributed by atoms with E-state index in [1.165, 1.54) is 0 Å². The Labute approximate surface area is 202 Å². The van der Waals surface area contributed by atoms with Crippen LogP contribution in [0.4, 0.5) is 0 Å². The van der Waals surface area contributed by atoms with Crippen molar-refractivity contribution in [2.45, 2.75) is 45.6 Å². The quantitative estimate of drug-likeness (QED) is 0.354. The first-order valence-corrected chi connectivity index (χ1v) is 13.6. The summed E-state index contributed by atoms with van der Waals surface area (Å²) >= 11 is 10.3. The Morgan fingerprint density at radius 1 is 0.933 bits per heavy atom. The van der Waals surface area contributed by atoms with Crippen LogP contribution in [0.1, 0.15) is 55.3 Å². The van der Waals surface area contributed by atoms with Crippen molar-refractivity contribution in [3.05, 3.63) is 47.2 Å². The number of fused-ring (bicyclic) bond motifs is 1. The highest BCUT2D eigenvalue weighted by Crippen LogP contribution is 2.52. The molecule has 4 heterocycles. The number of amides is 2. The monoisotopic (exact) mass is 570 g/mol. The number of thiophene rings is 2. The van der Waals surface area contributed by atoms with Gasteiger partial charge in [-0.15, -0.1) is 22.7 Å². The van der Waals surface area contributed by atoms with Gasteiger partial charge in [-0.3, -0.25) is 9.59 Å². The van der Waals surface area contributed by atoms with E-state index in [0.717, 1.165) is 48.7 Å². The molecule has 2 atom stereocenters. The molecule has 0 aliphatic carbocycles. The van der Waals surface area contributed by atoms with E-state index in [1.54, 1.807) is 22.7 Å². The van der Waals surface area contributed by atoms with Crippen molar-refractivity contribution in [3.63, 3.8) is 0 Å². The van der Waals surface area contributed by atoms with Gasteiger partial charge in [0.2, 0.25) is 5.91 Å². The Kier molecular flexibility index (Phi) is 6.87. The van der Waals surface area contributed by atoms with Crippen molar-refractivity contribution >= 4 is 72.0 Å². The zero-order chi connectivity index (χ0) is 21.4. The van der Waals surface area contributed by atoms with Crippen LogP contribution in [0.2, 0.25) is 0 Å². The number of unbranched alkanes of at least 4 members (excludes halogenated alkanes) is 2. The number of hydrogen-bond donors (Lipinski definition) is 0. The maximum absolute atomic E-state index is 13.7. The lowest BCUT2D eigenvalue weighted by molar-refractivity contribution is -0.131. The number of carbonyl (C=O) groups is 2. The number of hydrogen-bond acceptors (Lipinski definition) is 4. The second-order valence-electron chi connectivity index (χ2n) is 7.63. The largest absolute Gasteiger partial charge is 0.330 e. The highest BCUT2D eigenvalue weighted by molar-refractivity contribution is 9.11. The van der Waals surface area contributed by atoms with Crippen LogP contribution >= 0.6 is 54.5 Å². The molecule has 0 spiro atoms. The minimum Gasteiger partial charge on any atom is -0.330 e. The summed E-state index contributed by atoms with van der Waals surface area (Å²) in [4.78, 5) is 33.3. The average Bonchev–Trinajstić information content (AvgIpc) is 3.46. The van der Waals surface area contributed by atoms with Gasteiger partial charge in [-0.25, -0.2) is 0 Å². The lowest BCUT2D eigenvalue weighted by Crippen LogP contribution is -2.36. The van der Waals surface area contributed by atoms with Crippen LogP contribution in [-0.4, -0.2) is 34.7 Å². The molecular weight excluding hydrogens is 548 g/mol. The highest BCUT2D eigenvalue weighted by atomic mass is 79.9. The zero-order valence-corrected chi connectivity index (χ0v) is 21.8. The van der Waals surface area contributed by atoms with E-state index < -0.39 is 5.92 Å². The molecule has 2 aromatic rings. The first-order valence-electron chi connectivity index (χ1n) is 10.3. The third-order valence-corrected chi connectivity index (χ3v) is 9.02. The number of nitrogens with zero attached hydrogens (tertiary/aromatic N) is 2. The summed E-state index contributed by atoms with van der Waals surface area (Å²) in [5.74, 6) is -0.331. The van der Waals surface area contributed by atoms with E-state index in [-0.39, 0.29) is 17.9 Å². The van der Waals surface area contributed by atoms with Crippen molar-refractivity contribution in [3.8, 4) is 0 Å². The SMILES string of the molecule is CCCCN1C(=O)C2C(=C1c1ccc(Br)s1)C(=O)N(CCCC)C2c1ccc(Br)s1. The van der Waals surface area contributed by atoms with Crippen molar-refractivity contribution in [2.24, 2.45) is 5.92 Å². The number of carbonyl (C=O) groups excluding carboxylic acids is 2. The van der Waals surface area contributed by atoms with Crippen molar-refractivity contribution < 1.29 is 9.59 Å². The molecule has 2 amide bonds. The van der Waals surface area contributed by atoms with Gasteiger partial charge in [0.05, 0.1) is 35.7 Å². The molecule has 0 aromatic carbocycles. The maximum Gasteiger partial charge on any atom is 0.253 e. The van der Waals surface area contributed by atoms with E-state index in [4.69, 9.17) is 0 Å². The molecule has 2 aliphatic heterocycles. The van der Waals surface area contributed by atoms with E-state index in [2.05, 4.69) is 51.8 Å². The Bertz CT molecular complexity index is 997. The standard InChI is InChI=1S/C22H24Br2N2O2S2/c1-3-5-11-25-19(13-7-9-15(23)29-13)17-18(21(25)27)20(14-8-10-16(24)30-14)26(22(17)28)12-6-4-2/h7-10,17,19H,3-6,11-12H2,1-2H3. The summed E-state index contributed by atoms with van der Waals surface area (Å²) < 4.78 is 2.03. The maximum atomic E-state index is 13.7. The summed E-state index contributed by atoms with van der Waals surface area (Å²) in [5, 5.41) is 0. The van der Waals surface area contributed by atoms with Gasteiger partial charge in [-0.05, 0) is 69.0 Å². The van der Waals surface area contributed by atoms with E-state index >= 15 is 0 Å². The van der Waals surface area contributed by atoms with Gasteiger partial charge in [-0.1, -0.05) is 26.7 Å². The van der Waals surface area contributed by atoms with Gasteiger partial charge in [0.1, 0.15) is 0 Å². The predicted molar refractivity (Wildman–Crippen MR) is 130 cm³/mol. The molecule has 0 radical (unpaired) electrons. The molecule has 4 rings (SSSR count). The molecule has 1 fully saturated rings. The molecular formula is C22H24Br2N2O2S2. The first kappa shape index (κ1) is 22.2. The normalized spacial score (nSPS) is 21.3. The topological polar surface area (TPSA) is 40.6 Å². The van der Waals surface area contributed by atoms with Crippen molar-refractivity contribution in [1.29, 1.82) is 0 Å². The third kappa shape index (κ3) is 3.85. The molecule has 0 saturated carbocycles. The molecule has 4 nitrogen and oxygen atoms in total. The molecule has 2 aliphatic rings. The fourth-order valence-electron chi connectivity index (χ4n) is 4.30. The lowest BCUT2D eigenvalue weighted by Gasteiger charge is -2.29. The Morgan fingerprint density at radius 2 is 1.60 bits per heavy atom. The molecule has 8 heteroatoms. The second kappa shape index (κ2) is 9.27. The molecule has 2 aromatic heterocycles. The number of likely N-dealkylation sites (tertiary alicyclic amines) is 1. The molecule has 160 valence electrons. The summed E-state index contributed by atoms with van der Waals surface area (Å²) in [6.07, 6.45) is 3.87. The summed E-state index contributed by atoms with van der Waals surface area (Å²) in [5.41, 5.74) is 1.52. The van der Waals surface area contributed by atoms with Crippen LogP contribution in [0.5, 0.6) is 0 Å². The Balaban J connectivity index is 1.86. The smallest absolute Gasteiger partial charge is 0.253 e. The fraction of sp³-hybridized carbons (Fsp3) is 0.455. The van der Waals surface area contributed by atoms with Crippen LogP contribution in [0.3, 0.4) is 0 Å². The Morgan fingerprint density at radius 3 is 2.20 bits per heavy atom. The summed E-state index contributed by atoms with van der Waals surface area (Å²) in [7, 11) is 0. The van der Waals surface area contributed by atoms with Crippen molar-refractivity contribution in [2.75, 3.05) is 13.1 Å². The summed E-state index contributed by atoms with van der Waals surface area (Å²) in [6, 6.07) is 7.86. The number of rotatable bonds is 8. The highest BCUT2D eigenvalue weighted by Gasteiger charge is 2.56. The zero-order valence-electron chi connectivity index (χ0n) is 17.0. The van der Waals surface area contributed by atoms with Crippen LogP contribution in [0.15, 0.2) is 37.4 Å². The fourth-order valence-corrected chi connectivity index (χ4v) is 7.33. The molecule has 2 unspecified atom stereocenters. The van der Waals surface area contributed by atoms with E-state index in [1.807, 2.05) is 28.0 Å². The Hall–Kier alpha value is -0.960. The van der Waals surface area contributed by atoms with Crippen LogP contribution in [-0.2, 0) is 9.59 Å². The summed E-state index contributed by atoms with van der Waals surface area (Å²) in [6.45, 7) is 5.59. The van der Waals surface area contributed by atoms with Gasteiger partial charge < -0.3 is 9.80 Å². The minimum absolute atomic E-state index is 0.0230. The third-order valence-electron chi connectivity index (χ3n) is 5.69. The molecule has 30 heavy (non-hydrogen) atoms. The molecule has 0 bridgehead atoms. The van der Waals surface area contributed by atoms with Crippen LogP contribution < -0.4 is 0 Å². The van der Waals surface area contributed by atoms with Gasteiger partial charge in [0, 0.05) is 18.0 Å². The molecule has 1 saturated heterocycles. The number of halogens is 2. The second-order valence-corrected chi connectivity index (χ2v) is 12.6. The van der Waals surface area contributed by atoms with E-state index in [0.29, 0.717) is 18.7 Å². The molecule has 0 N–H and O–H groups in total.